The first-order chi connectivity index (χ1) is 8.33. The SMILES string of the molecule is Cn1c(=O)n(CC(F)(F)F)c2cc(N=O)ccc21. The molecule has 96 valence electrons. The molecule has 0 aliphatic rings. The highest BCUT2D eigenvalue weighted by Gasteiger charge is 2.30. The fourth-order valence-electron chi connectivity index (χ4n) is 1.79. The van der Waals surface area contributed by atoms with Crippen molar-refractivity contribution >= 4 is 16.7 Å². The third kappa shape index (κ3) is 2.01. The average molecular weight is 259 g/mol. The molecule has 0 spiro atoms. The van der Waals surface area contributed by atoms with Gasteiger partial charge in [0.25, 0.3) is 0 Å². The Hall–Kier alpha value is -2.12. The molecular formula is C10H8F3N3O2. The van der Waals surface area contributed by atoms with Gasteiger partial charge in [-0.05, 0) is 23.4 Å². The quantitative estimate of drug-likeness (QED) is 0.777. The first-order valence-electron chi connectivity index (χ1n) is 4.93. The van der Waals surface area contributed by atoms with Crippen molar-refractivity contribution in [2.45, 2.75) is 12.7 Å². The number of fused-ring (bicyclic) bond motifs is 1. The number of nitrogens with zero attached hydrogens (tertiary/aromatic N) is 3. The fraction of sp³-hybridized carbons (Fsp3) is 0.300. The number of nitroso groups, excluding NO2 is 1. The molecule has 2 rings (SSSR count). The summed E-state index contributed by atoms with van der Waals surface area (Å²) in [6.07, 6.45) is -4.51. The number of hydrogen-bond donors (Lipinski definition) is 0. The molecule has 0 saturated heterocycles. The topological polar surface area (TPSA) is 56.4 Å². The summed E-state index contributed by atoms with van der Waals surface area (Å²) in [4.78, 5) is 22.1. The average Bonchev–Trinajstić information content (AvgIpc) is 2.52. The molecule has 0 amide bonds. The highest BCUT2D eigenvalue weighted by Crippen LogP contribution is 2.23. The number of rotatable bonds is 2. The third-order valence-electron chi connectivity index (χ3n) is 2.57. The predicted octanol–water partition coefficient (Wildman–Crippen LogP) is 2.30. The molecule has 0 atom stereocenters. The second-order valence-corrected chi connectivity index (χ2v) is 3.81. The number of aromatic nitrogens is 2. The standard InChI is InChI=1S/C10H8F3N3O2/c1-15-7-3-2-6(14-18)4-8(7)16(9(15)17)5-10(11,12)13/h2-4H,5H2,1H3. The summed E-state index contributed by atoms with van der Waals surface area (Å²) in [5.41, 5.74) is -0.456. The summed E-state index contributed by atoms with van der Waals surface area (Å²) in [6.45, 7) is -1.40. The molecule has 1 aromatic heterocycles. The van der Waals surface area contributed by atoms with Crippen LogP contribution in [0.4, 0.5) is 18.9 Å². The van der Waals surface area contributed by atoms with Gasteiger partial charge in [0.15, 0.2) is 0 Å². The van der Waals surface area contributed by atoms with Gasteiger partial charge in [0, 0.05) is 7.05 Å². The molecule has 0 saturated carbocycles. The Morgan fingerprint density at radius 3 is 2.50 bits per heavy atom. The van der Waals surface area contributed by atoms with Crippen LogP contribution in [0.1, 0.15) is 0 Å². The highest BCUT2D eigenvalue weighted by molar-refractivity contribution is 5.79. The van der Waals surface area contributed by atoms with E-state index >= 15 is 0 Å². The van der Waals surface area contributed by atoms with Gasteiger partial charge in [0.1, 0.15) is 12.2 Å². The van der Waals surface area contributed by atoms with Gasteiger partial charge >= 0.3 is 11.9 Å². The van der Waals surface area contributed by atoms with Crippen LogP contribution in [0.15, 0.2) is 28.2 Å². The maximum Gasteiger partial charge on any atom is 0.406 e. The number of alkyl halides is 3. The molecule has 8 heteroatoms. The van der Waals surface area contributed by atoms with Crippen molar-refractivity contribution in [3.63, 3.8) is 0 Å². The summed E-state index contributed by atoms with van der Waals surface area (Å²) in [6, 6.07) is 3.89. The van der Waals surface area contributed by atoms with Gasteiger partial charge in [-0.3, -0.25) is 9.13 Å². The lowest BCUT2D eigenvalue weighted by Gasteiger charge is -2.07. The van der Waals surface area contributed by atoms with Crippen LogP contribution < -0.4 is 5.69 Å². The molecule has 18 heavy (non-hydrogen) atoms. The fourth-order valence-corrected chi connectivity index (χ4v) is 1.79. The normalized spacial score (nSPS) is 12.0. The van der Waals surface area contributed by atoms with Gasteiger partial charge in [-0.2, -0.15) is 13.2 Å². The second-order valence-electron chi connectivity index (χ2n) is 3.81. The molecule has 0 bridgehead atoms. The van der Waals surface area contributed by atoms with Crippen LogP contribution >= 0.6 is 0 Å². The minimum absolute atomic E-state index is 0.0241. The summed E-state index contributed by atoms with van der Waals surface area (Å²) in [7, 11) is 1.37. The maximum absolute atomic E-state index is 12.4. The third-order valence-corrected chi connectivity index (χ3v) is 2.57. The molecule has 0 fully saturated rings. The van der Waals surface area contributed by atoms with Crippen molar-refractivity contribution in [3.05, 3.63) is 33.6 Å². The maximum atomic E-state index is 12.4. The lowest BCUT2D eigenvalue weighted by Crippen LogP contribution is -2.28. The van der Waals surface area contributed by atoms with Crippen LogP contribution in [0.3, 0.4) is 0 Å². The minimum atomic E-state index is -4.51. The Kier molecular flexibility index (Phi) is 2.72. The molecule has 5 nitrogen and oxygen atoms in total. The van der Waals surface area contributed by atoms with Gasteiger partial charge in [0.05, 0.1) is 11.0 Å². The monoisotopic (exact) mass is 259 g/mol. The molecule has 0 aliphatic heterocycles. The Bertz CT molecular complexity index is 669. The van der Waals surface area contributed by atoms with Crippen molar-refractivity contribution in [3.8, 4) is 0 Å². The van der Waals surface area contributed by atoms with Crippen molar-refractivity contribution < 1.29 is 13.2 Å². The van der Waals surface area contributed by atoms with E-state index in [9.17, 15) is 22.9 Å². The number of halogens is 3. The Labute approximate surface area is 98.4 Å². The first kappa shape index (κ1) is 12.3. The van der Waals surface area contributed by atoms with Crippen molar-refractivity contribution in [1.29, 1.82) is 0 Å². The van der Waals surface area contributed by atoms with Crippen LogP contribution in [0.25, 0.3) is 11.0 Å². The van der Waals surface area contributed by atoms with Gasteiger partial charge in [-0.15, -0.1) is 4.91 Å². The zero-order valence-electron chi connectivity index (χ0n) is 9.23. The molecular weight excluding hydrogens is 251 g/mol. The van der Waals surface area contributed by atoms with E-state index in [1.54, 1.807) is 0 Å². The van der Waals surface area contributed by atoms with E-state index in [4.69, 9.17) is 0 Å². The van der Waals surface area contributed by atoms with Crippen LogP contribution in [0.5, 0.6) is 0 Å². The molecule has 1 aromatic carbocycles. The Morgan fingerprint density at radius 1 is 1.28 bits per heavy atom. The van der Waals surface area contributed by atoms with E-state index in [2.05, 4.69) is 5.18 Å². The number of aryl methyl sites for hydroxylation is 1. The molecule has 0 radical (unpaired) electrons. The van der Waals surface area contributed by atoms with Crippen LogP contribution in [-0.4, -0.2) is 15.3 Å². The Morgan fingerprint density at radius 2 is 1.94 bits per heavy atom. The van der Waals surface area contributed by atoms with E-state index in [0.29, 0.717) is 10.1 Å². The van der Waals surface area contributed by atoms with Crippen LogP contribution in [0, 0.1) is 4.91 Å². The van der Waals surface area contributed by atoms with Crippen LogP contribution in [-0.2, 0) is 13.6 Å². The predicted molar refractivity (Wildman–Crippen MR) is 58.7 cm³/mol. The molecule has 1 heterocycles. The van der Waals surface area contributed by atoms with E-state index in [0.717, 1.165) is 10.6 Å². The van der Waals surface area contributed by atoms with Crippen LogP contribution in [0.2, 0.25) is 0 Å². The largest absolute Gasteiger partial charge is 0.406 e. The first-order valence-corrected chi connectivity index (χ1v) is 4.93. The number of imidazole rings is 1. The zero-order valence-corrected chi connectivity index (χ0v) is 9.23. The number of hydrogen-bond acceptors (Lipinski definition) is 3. The van der Waals surface area contributed by atoms with Crippen molar-refractivity contribution in [2.75, 3.05) is 0 Å². The Balaban J connectivity index is 2.74. The number of benzene rings is 1. The summed E-state index contributed by atoms with van der Waals surface area (Å²) in [5.74, 6) is 0. The molecule has 0 aliphatic carbocycles. The molecule has 2 aromatic rings. The van der Waals surface area contributed by atoms with Gasteiger partial charge < -0.3 is 0 Å². The minimum Gasteiger partial charge on any atom is -0.295 e. The van der Waals surface area contributed by atoms with Crippen molar-refractivity contribution in [2.24, 2.45) is 12.2 Å². The summed E-state index contributed by atoms with van der Waals surface area (Å²) in [5, 5.41) is 2.64. The summed E-state index contributed by atoms with van der Waals surface area (Å²) >= 11 is 0. The molecule has 0 unspecified atom stereocenters. The second kappa shape index (κ2) is 3.97. The van der Waals surface area contributed by atoms with E-state index in [-0.39, 0.29) is 11.2 Å². The lowest BCUT2D eigenvalue weighted by molar-refractivity contribution is -0.140. The van der Waals surface area contributed by atoms with E-state index in [1.807, 2.05) is 0 Å². The summed E-state index contributed by atoms with van der Waals surface area (Å²) < 4.78 is 38.8. The highest BCUT2D eigenvalue weighted by atomic mass is 19.4. The van der Waals surface area contributed by atoms with E-state index in [1.165, 1.54) is 19.2 Å². The van der Waals surface area contributed by atoms with Gasteiger partial charge in [-0.1, -0.05) is 0 Å². The zero-order chi connectivity index (χ0) is 13.5. The smallest absolute Gasteiger partial charge is 0.295 e. The van der Waals surface area contributed by atoms with Gasteiger partial charge in [-0.25, -0.2) is 4.79 Å². The van der Waals surface area contributed by atoms with Crippen molar-refractivity contribution in [1.82, 2.24) is 9.13 Å². The lowest BCUT2D eigenvalue weighted by atomic mass is 10.3. The van der Waals surface area contributed by atoms with E-state index < -0.39 is 18.4 Å². The van der Waals surface area contributed by atoms with Gasteiger partial charge in [0.2, 0.25) is 0 Å². The molecule has 0 N–H and O–H groups in total.